The monoisotopic (exact) mass is 382 g/mol. The maximum absolute atomic E-state index is 11.4. The maximum Gasteiger partial charge on any atom is 0.352 e. The van der Waals surface area contributed by atoms with Gasteiger partial charge in [0.05, 0.1) is 5.56 Å². The van der Waals surface area contributed by atoms with Crippen LogP contribution in [-0.2, 0) is 11.8 Å². The van der Waals surface area contributed by atoms with Gasteiger partial charge in [-0.2, -0.15) is 4.68 Å². The molecule has 4 rings (SSSR count). The SMILES string of the molecule is CCC/C=C1\OC(=O)c2ccccc21.Cn1nnc2c(C(N)=O)ncn2c1=O. The molecule has 1 aliphatic rings. The molecule has 2 aromatic heterocycles. The van der Waals surface area contributed by atoms with E-state index in [2.05, 4.69) is 22.2 Å². The number of esters is 1. The molecule has 0 radical (unpaired) electrons. The fourth-order valence-corrected chi connectivity index (χ4v) is 2.57. The van der Waals surface area contributed by atoms with E-state index in [1.165, 1.54) is 13.4 Å². The normalized spacial score (nSPS) is 13.8. The second-order valence-electron chi connectivity index (χ2n) is 5.94. The molecule has 144 valence electrons. The summed E-state index contributed by atoms with van der Waals surface area (Å²) < 4.78 is 7.29. The molecule has 1 amide bonds. The standard InChI is InChI=1S/C12H12O2.C6H6N6O2/c1-2-3-8-11-9-6-4-5-7-10(9)12(13)14-11;1-11-6(14)12-2-8-3(4(7)13)5(12)9-10-11/h4-8H,2-3H2,1H3;2H,1H3,(H2,7,13)/b11-8-;. The number of benzene rings is 1. The largest absolute Gasteiger partial charge is 0.423 e. The lowest BCUT2D eigenvalue weighted by atomic mass is 10.1. The van der Waals surface area contributed by atoms with Gasteiger partial charge in [-0.05, 0) is 18.6 Å². The average molecular weight is 382 g/mol. The Bertz CT molecular complexity index is 1140. The number of ether oxygens (including phenoxy) is 1. The molecule has 0 atom stereocenters. The van der Waals surface area contributed by atoms with E-state index in [4.69, 9.17) is 10.5 Å². The first-order chi connectivity index (χ1) is 13.4. The van der Waals surface area contributed by atoms with Crippen molar-refractivity contribution in [1.29, 1.82) is 0 Å². The molecule has 0 spiro atoms. The van der Waals surface area contributed by atoms with Crippen LogP contribution >= 0.6 is 0 Å². The van der Waals surface area contributed by atoms with Crippen LogP contribution < -0.4 is 11.4 Å². The summed E-state index contributed by atoms with van der Waals surface area (Å²) in [6.45, 7) is 2.10. The molecular formula is C18H18N6O4. The Morgan fingerprint density at radius 3 is 2.64 bits per heavy atom. The molecule has 2 N–H and O–H groups in total. The van der Waals surface area contributed by atoms with E-state index in [0.717, 1.165) is 27.5 Å². The smallest absolute Gasteiger partial charge is 0.352 e. The number of aromatic nitrogens is 5. The Morgan fingerprint density at radius 1 is 1.25 bits per heavy atom. The van der Waals surface area contributed by atoms with E-state index in [1.54, 1.807) is 6.07 Å². The van der Waals surface area contributed by atoms with E-state index >= 15 is 0 Å². The molecule has 0 bridgehead atoms. The summed E-state index contributed by atoms with van der Waals surface area (Å²) in [5.74, 6) is -0.259. The number of aryl methyl sites for hydroxylation is 1. The third-order valence-corrected chi connectivity index (χ3v) is 3.97. The van der Waals surface area contributed by atoms with E-state index in [0.29, 0.717) is 11.3 Å². The van der Waals surface area contributed by atoms with Gasteiger partial charge in [0, 0.05) is 12.6 Å². The van der Waals surface area contributed by atoms with Crippen LogP contribution in [0.15, 0.2) is 41.5 Å². The third-order valence-electron chi connectivity index (χ3n) is 3.97. The van der Waals surface area contributed by atoms with E-state index < -0.39 is 11.6 Å². The minimum atomic E-state index is -0.741. The van der Waals surface area contributed by atoms with E-state index in [9.17, 15) is 14.4 Å². The molecule has 28 heavy (non-hydrogen) atoms. The van der Waals surface area contributed by atoms with Gasteiger partial charge in [-0.25, -0.2) is 19.0 Å². The molecule has 0 fully saturated rings. The van der Waals surface area contributed by atoms with Crippen molar-refractivity contribution in [2.75, 3.05) is 0 Å². The van der Waals surface area contributed by atoms with Gasteiger partial charge in [0.15, 0.2) is 11.3 Å². The fourth-order valence-electron chi connectivity index (χ4n) is 2.57. The van der Waals surface area contributed by atoms with Crippen LogP contribution in [0.4, 0.5) is 0 Å². The Balaban J connectivity index is 0.000000161. The van der Waals surface area contributed by atoms with Gasteiger partial charge < -0.3 is 10.5 Å². The number of rotatable bonds is 3. The number of hydrogen-bond acceptors (Lipinski definition) is 7. The van der Waals surface area contributed by atoms with Crippen LogP contribution in [0.3, 0.4) is 0 Å². The Kier molecular flexibility index (Phi) is 5.30. The van der Waals surface area contributed by atoms with Gasteiger partial charge in [0.25, 0.3) is 5.91 Å². The molecule has 1 aromatic carbocycles. The van der Waals surface area contributed by atoms with Crippen molar-refractivity contribution in [1.82, 2.24) is 24.4 Å². The first-order valence-electron chi connectivity index (χ1n) is 8.52. The zero-order chi connectivity index (χ0) is 20.3. The summed E-state index contributed by atoms with van der Waals surface area (Å²) in [6, 6.07) is 7.48. The van der Waals surface area contributed by atoms with Crippen LogP contribution in [0.25, 0.3) is 11.4 Å². The third kappa shape index (κ3) is 3.52. The molecular weight excluding hydrogens is 364 g/mol. The molecule has 10 heteroatoms. The number of carbonyl (C=O) groups excluding carboxylic acids is 2. The van der Waals surface area contributed by atoms with Crippen molar-refractivity contribution in [3.63, 3.8) is 0 Å². The molecule has 0 aliphatic carbocycles. The number of nitrogens with zero attached hydrogens (tertiary/aromatic N) is 5. The van der Waals surface area contributed by atoms with Gasteiger partial charge in [0.2, 0.25) is 0 Å². The van der Waals surface area contributed by atoms with Gasteiger partial charge >= 0.3 is 11.7 Å². The second kappa shape index (κ2) is 7.82. The molecule has 0 unspecified atom stereocenters. The molecule has 1 aliphatic heterocycles. The van der Waals surface area contributed by atoms with Crippen LogP contribution in [-0.4, -0.2) is 36.3 Å². The van der Waals surface area contributed by atoms with Crippen LogP contribution in [0.5, 0.6) is 0 Å². The average Bonchev–Trinajstić information content (AvgIpc) is 3.26. The topological polar surface area (TPSA) is 134 Å². The number of imidazole rings is 1. The van der Waals surface area contributed by atoms with Gasteiger partial charge in [-0.15, -0.1) is 5.10 Å². The second-order valence-corrected chi connectivity index (χ2v) is 5.94. The highest BCUT2D eigenvalue weighted by atomic mass is 16.5. The highest BCUT2D eigenvalue weighted by Crippen LogP contribution is 2.29. The lowest BCUT2D eigenvalue weighted by Crippen LogP contribution is -2.27. The predicted octanol–water partition coefficient (Wildman–Crippen LogP) is 0.920. The zero-order valence-corrected chi connectivity index (χ0v) is 15.3. The van der Waals surface area contributed by atoms with Crippen molar-refractivity contribution < 1.29 is 14.3 Å². The summed E-state index contributed by atoms with van der Waals surface area (Å²) >= 11 is 0. The number of cyclic esters (lactones) is 1. The lowest BCUT2D eigenvalue weighted by molar-refractivity contribution is 0.0715. The summed E-state index contributed by atoms with van der Waals surface area (Å²) in [6.07, 6.45) is 5.16. The van der Waals surface area contributed by atoms with Gasteiger partial charge in [-0.3, -0.25) is 4.79 Å². The minimum Gasteiger partial charge on any atom is -0.423 e. The van der Waals surface area contributed by atoms with E-state index in [1.807, 2.05) is 24.3 Å². The van der Waals surface area contributed by atoms with Crippen LogP contribution in [0.2, 0.25) is 0 Å². The lowest BCUT2D eigenvalue weighted by Gasteiger charge is -1.96. The number of nitrogens with two attached hydrogens (primary N) is 1. The number of unbranched alkanes of at least 4 members (excludes halogenated alkanes) is 1. The quantitative estimate of drug-likeness (QED) is 0.666. The number of amides is 1. The Labute approximate surface area is 159 Å². The highest BCUT2D eigenvalue weighted by Gasteiger charge is 2.24. The number of allylic oxidation sites excluding steroid dienone is 1. The van der Waals surface area contributed by atoms with Gasteiger partial charge in [-0.1, -0.05) is 36.8 Å². The first-order valence-corrected chi connectivity index (χ1v) is 8.52. The zero-order valence-electron chi connectivity index (χ0n) is 15.3. The fraction of sp³-hybridized carbons (Fsp3) is 0.222. The van der Waals surface area contributed by atoms with Gasteiger partial charge in [0.1, 0.15) is 12.1 Å². The summed E-state index contributed by atoms with van der Waals surface area (Å²) in [4.78, 5) is 37.3. The van der Waals surface area contributed by atoms with Crippen molar-refractivity contribution in [2.45, 2.75) is 19.8 Å². The summed E-state index contributed by atoms with van der Waals surface area (Å²) in [5, 5.41) is 7.14. The molecule has 10 nitrogen and oxygen atoms in total. The maximum atomic E-state index is 11.4. The van der Waals surface area contributed by atoms with Crippen molar-refractivity contribution >= 4 is 23.3 Å². The highest BCUT2D eigenvalue weighted by molar-refractivity contribution is 6.02. The predicted molar refractivity (Wildman–Crippen MR) is 99.3 cm³/mol. The number of hydrogen-bond donors (Lipinski definition) is 1. The van der Waals surface area contributed by atoms with E-state index in [-0.39, 0.29) is 17.3 Å². The van der Waals surface area contributed by atoms with Crippen LogP contribution in [0.1, 0.15) is 46.2 Å². The van der Waals surface area contributed by atoms with Crippen LogP contribution in [0, 0.1) is 0 Å². The van der Waals surface area contributed by atoms with Crippen molar-refractivity contribution in [3.8, 4) is 0 Å². The van der Waals surface area contributed by atoms with Crippen molar-refractivity contribution in [3.05, 3.63) is 64.0 Å². The first kappa shape index (κ1) is 19.0. The number of carbonyl (C=O) groups is 2. The molecule has 0 saturated heterocycles. The van der Waals surface area contributed by atoms with Crippen molar-refractivity contribution in [2.24, 2.45) is 12.8 Å². The number of fused-ring (bicyclic) bond motifs is 2. The number of primary amides is 1. The molecule has 3 aromatic rings. The molecule has 3 heterocycles. The Hall–Kier alpha value is -3.82. The summed E-state index contributed by atoms with van der Waals surface area (Å²) in [7, 11) is 1.44. The summed E-state index contributed by atoms with van der Waals surface area (Å²) in [5.41, 5.74) is 6.19. The minimum absolute atomic E-state index is 0.0600. The Morgan fingerprint density at radius 2 is 1.96 bits per heavy atom. The molecule has 0 saturated carbocycles.